The van der Waals surface area contributed by atoms with Crippen molar-refractivity contribution in [1.82, 2.24) is 4.98 Å². The topological polar surface area (TPSA) is 98.1 Å². The van der Waals surface area contributed by atoms with Crippen LogP contribution in [0.4, 0.5) is 8.78 Å². The molecule has 1 aliphatic carbocycles. The van der Waals surface area contributed by atoms with Crippen molar-refractivity contribution >= 4 is 16.7 Å². The Morgan fingerprint density at radius 1 is 1.17 bits per heavy atom. The molecule has 1 aliphatic heterocycles. The van der Waals surface area contributed by atoms with Gasteiger partial charge in [0.15, 0.2) is 17.2 Å². The number of aromatic hydroxyl groups is 1. The Morgan fingerprint density at radius 3 is 2.61 bits per heavy atom. The van der Waals surface area contributed by atoms with Crippen LogP contribution in [-0.2, 0) is 14.3 Å². The van der Waals surface area contributed by atoms with Gasteiger partial charge in [0, 0.05) is 42.9 Å². The van der Waals surface area contributed by atoms with Gasteiger partial charge in [0.1, 0.15) is 11.9 Å². The largest absolute Gasteiger partial charge is 0.507 e. The number of rotatable bonds is 6. The first kappa shape index (κ1) is 24.4. The minimum atomic E-state index is -1.62. The lowest BCUT2D eigenvalue weighted by atomic mass is 9.77. The maximum absolute atomic E-state index is 14.3. The van der Waals surface area contributed by atoms with E-state index in [-0.39, 0.29) is 37.0 Å². The molecule has 2 aliphatic rings. The highest BCUT2D eigenvalue weighted by atomic mass is 19.2. The number of benzene rings is 2. The minimum Gasteiger partial charge on any atom is -0.507 e. The summed E-state index contributed by atoms with van der Waals surface area (Å²) in [5.74, 6) is -2.59. The molecule has 1 saturated carbocycles. The number of esters is 1. The molecule has 0 radical (unpaired) electrons. The molecule has 190 valence electrons. The van der Waals surface area contributed by atoms with Crippen molar-refractivity contribution in [2.24, 2.45) is 0 Å². The first-order chi connectivity index (χ1) is 17.3. The quantitative estimate of drug-likeness (QED) is 0.478. The zero-order chi connectivity index (χ0) is 25.4. The molecule has 7 nitrogen and oxygen atoms in total. The third kappa shape index (κ3) is 4.37. The number of halogens is 2. The first-order valence-electron chi connectivity index (χ1n) is 12.1. The van der Waals surface area contributed by atoms with Crippen LogP contribution in [0, 0.1) is 11.6 Å². The fourth-order valence-electron chi connectivity index (χ4n) is 5.01. The van der Waals surface area contributed by atoms with Crippen molar-refractivity contribution in [3.05, 3.63) is 53.7 Å². The molecule has 0 unspecified atom stereocenters. The normalized spacial score (nSPS) is 22.3. The molecule has 36 heavy (non-hydrogen) atoms. The molecule has 2 fully saturated rings. The first-order valence-corrected chi connectivity index (χ1v) is 12.1. The van der Waals surface area contributed by atoms with Crippen LogP contribution in [0.2, 0.25) is 0 Å². The molecule has 0 spiro atoms. The standard InChI is InChI=1S/C27H27F2NO6/c1-2-35-26(32)27(33)13-17(14-27)36-25-23-18(4-3-5-21(23)31)22(16-6-7-19(28)20(29)12-16)24(30-25)15-8-10-34-11-9-15/h3-7,12,15,17,31,33H,2,8-11,13-14H2,1H3/t17-,27+. The number of phenolic OH excluding ortho intramolecular Hbond substituents is 1. The van der Waals surface area contributed by atoms with Crippen molar-refractivity contribution in [3.63, 3.8) is 0 Å². The van der Waals surface area contributed by atoms with E-state index in [1.165, 1.54) is 12.1 Å². The average Bonchev–Trinajstić information content (AvgIpc) is 2.85. The zero-order valence-electron chi connectivity index (χ0n) is 19.8. The summed E-state index contributed by atoms with van der Waals surface area (Å²) in [4.78, 5) is 16.9. The van der Waals surface area contributed by atoms with Gasteiger partial charge in [-0.15, -0.1) is 0 Å². The van der Waals surface area contributed by atoms with E-state index in [1.54, 1.807) is 19.1 Å². The monoisotopic (exact) mass is 499 g/mol. The van der Waals surface area contributed by atoms with Gasteiger partial charge in [0.25, 0.3) is 0 Å². The summed E-state index contributed by atoms with van der Waals surface area (Å²) in [5.41, 5.74) is 0.0478. The Morgan fingerprint density at radius 2 is 1.92 bits per heavy atom. The van der Waals surface area contributed by atoms with E-state index >= 15 is 0 Å². The summed E-state index contributed by atoms with van der Waals surface area (Å²) in [6.07, 6.45) is 0.894. The SMILES string of the molecule is CCOC(=O)[C@]1(O)C[C@@H](Oc2nc(C3CCOCC3)c(-c3ccc(F)c(F)c3)c3cccc(O)c23)C1. The molecule has 0 bridgehead atoms. The minimum absolute atomic E-state index is 0.0279. The van der Waals surface area contributed by atoms with Crippen LogP contribution in [0.5, 0.6) is 11.6 Å². The summed E-state index contributed by atoms with van der Waals surface area (Å²) >= 11 is 0. The summed E-state index contributed by atoms with van der Waals surface area (Å²) in [7, 11) is 0. The van der Waals surface area contributed by atoms with Crippen LogP contribution < -0.4 is 4.74 Å². The van der Waals surface area contributed by atoms with Gasteiger partial charge in [0.05, 0.1) is 17.7 Å². The van der Waals surface area contributed by atoms with E-state index in [2.05, 4.69) is 0 Å². The number of hydrogen-bond acceptors (Lipinski definition) is 7. The van der Waals surface area contributed by atoms with Crippen LogP contribution in [0.1, 0.15) is 44.2 Å². The number of nitrogens with zero attached hydrogens (tertiary/aromatic N) is 1. The lowest BCUT2D eigenvalue weighted by molar-refractivity contribution is -0.185. The lowest BCUT2D eigenvalue weighted by Gasteiger charge is -2.40. The van der Waals surface area contributed by atoms with Gasteiger partial charge in [-0.1, -0.05) is 18.2 Å². The number of carbonyl (C=O) groups is 1. The van der Waals surface area contributed by atoms with Gasteiger partial charge in [-0.2, -0.15) is 0 Å². The van der Waals surface area contributed by atoms with Gasteiger partial charge in [-0.05, 0) is 43.5 Å². The number of carbonyl (C=O) groups excluding carboxylic acids is 1. The Balaban J connectivity index is 1.61. The van der Waals surface area contributed by atoms with Gasteiger partial charge in [-0.25, -0.2) is 18.6 Å². The molecule has 1 aromatic heterocycles. The van der Waals surface area contributed by atoms with E-state index < -0.39 is 29.3 Å². The summed E-state index contributed by atoms with van der Waals surface area (Å²) < 4.78 is 44.6. The molecule has 3 aromatic rings. The number of fused-ring (bicyclic) bond motifs is 1. The van der Waals surface area contributed by atoms with Gasteiger partial charge in [0.2, 0.25) is 5.88 Å². The number of pyridine rings is 1. The number of aromatic nitrogens is 1. The van der Waals surface area contributed by atoms with E-state index in [0.29, 0.717) is 53.6 Å². The summed E-state index contributed by atoms with van der Waals surface area (Å²) in [6.45, 7) is 2.89. The van der Waals surface area contributed by atoms with E-state index in [4.69, 9.17) is 19.2 Å². The maximum atomic E-state index is 14.3. The predicted octanol–water partition coefficient (Wildman–Crippen LogP) is 4.62. The Hall–Kier alpha value is -3.30. The smallest absolute Gasteiger partial charge is 0.338 e. The molecule has 9 heteroatoms. The lowest BCUT2D eigenvalue weighted by Crippen LogP contribution is -2.56. The Labute approximate surface area is 206 Å². The maximum Gasteiger partial charge on any atom is 0.338 e. The highest BCUT2D eigenvalue weighted by Crippen LogP contribution is 2.46. The van der Waals surface area contributed by atoms with Gasteiger partial charge < -0.3 is 24.4 Å². The second kappa shape index (κ2) is 9.63. The van der Waals surface area contributed by atoms with Crippen molar-refractivity contribution < 1.29 is 38.0 Å². The second-order valence-electron chi connectivity index (χ2n) is 9.29. The van der Waals surface area contributed by atoms with E-state index in [0.717, 1.165) is 12.1 Å². The fourth-order valence-corrected chi connectivity index (χ4v) is 5.01. The average molecular weight is 500 g/mol. The second-order valence-corrected chi connectivity index (χ2v) is 9.29. The molecule has 5 rings (SSSR count). The summed E-state index contributed by atoms with van der Waals surface area (Å²) in [6, 6.07) is 8.64. The van der Waals surface area contributed by atoms with E-state index in [1.807, 2.05) is 0 Å². The molecule has 0 amide bonds. The molecule has 2 aromatic carbocycles. The molecule has 0 atom stereocenters. The van der Waals surface area contributed by atoms with Crippen molar-refractivity contribution in [1.29, 1.82) is 0 Å². The Kier molecular flexibility index (Phi) is 6.53. The molecular weight excluding hydrogens is 472 g/mol. The number of hydrogen-bond donors (Lipinski definition) is 2. The van der Waals surface area contributed by atoms with Crippen LogP contribution in [-0.4, -0.2) is 52.7 Å². The highest BCUT2D eigenvalue weighted by molar-refractivity contribution is 6.03. The third-order valence-corrected chi connectivity index (χ3v) is 6.88. The highest BCUT2D eigenvalue weighted by Gasteiger charge is 2.52. The number of aliphatic hydroxyl groups is 1. The van der Waals surface area contributed by atoms with Crippen LogP contribution in [0.3, 0.4) is 0 Å². The predicted molar refractivity (Wildman–Crippen MR) is 127 cm³/mol. The van der Waals surface area contributed by atoms with E-state index in [9.17, 15) is 23.8 Å². The molecular formula is C27H27F2NO6. The number of ether oxygens (including phenoxy) is 3. The fraction of sp³-hybridized carbons (Fsp3) is 0.407. The molecule has 2 heterocycles. The molecule has 1 saturated heterocycles. The summed E-state index contributed by atoms with van der Waals surface area (Å²) in [5, 5.41) is 22.2. The zero-order valence-corrected chi connectivity index (χ0v) is 19.8. The molecule has 2 N–H and O–H groups in total. The van der Waals surface area contributed by atoms with Crippen LogP contribution in [0.15, 0.2) is 36.4 Å². The third-order valence-electron chi connectivity index (χ3n) is 6.88. The van der Waals surface area contributed by atoms with Gasteiger partial charge >= 0.3 is 5.97 Å². The van der Waals surface area contributed by atoms with Gasteiger partial charge in [-0.3, -0.25) is 0 Å². The van der Waals surface area contributed by atoms with Crippen molar-refractivity contribution in [3.8, 4) is 22.8 Å². The van der Waals surface area contributed by atoms with Crippen LogP contribution >= 0.6 is 0 Å². The van der Waals surface area contributed by atoms with Crippen molar-refractivity contribution in [2.75, 3.05) is 19.8 Å². The Bertz CT molecular complexity index is 1300. The van der Waals surface area contributed by atoms with Crippen LogP contribution in [0.25, 0.3) is 21.9 Å². The number of phenols is 1. The van der Waals surface area contributed by atoms with Crippen molar-refractivity contribution in [2.45, 2.75) is 50.2 Å².